The number of thiophene rings is 2. The van der Waals surface area contributed by atoms with Crippen molar-refractivity contribution in [3.05, 3.63) is 80.2 Å². The van der Waals surface area contributed by atoms with E-state index in [0.29, 0.717) is 6.54 Å². The maximum atomic E-state index is 11.9. The summed E-state index contributed by atoms with van der Waals surface area (Å²) in [5.41, 5.74) is 0.930. The molecule has 3 aromatic rings. The van der Waals surface area contributed by atoms with Gasteiger partial charge in [-0.05, 0) is 29.1 Å². The maximum Gasteiger partial charge on any atom is 0.309 e. The molecule has 3 rings (SSSR count). The molecule has 1 aromatic carbocycles. The van der Waals surface area contributed by atoms with Gasteiger partial charge in [0.1, 0.15) is 6.10 Å². The summed E-state index contributed by atoms with van der Waals surface area (Å²) in [7, 11) is 0. The van der Waals surface area contributed by atoms with Crippen LogP contribution in [0, 0.1) is 0 Å². The first-order valence-electron chi connectivity index (χ1n) is 8.03. The van der Waals surface area contributed by atoms with Gasteiger partial charge in [0.05, 0.1) is 6.54 Å². The molecule has 134 valence electrons. The summed E-state index contributed by atoms with van der Waals surface area (Å²) >= 11 is 2.91. The van der Waals surface area contributed by atoms with Crippen molar-refractivity contribution < 1.29 is 14.7 Å². The van der Waals surface area contributed by atoms with Gasteiger partial charge in [-0.1, -0.05) is 36.4 Å². The average molecular weight is 386 g/mol. The molecule has 0 spiro atoms. The van der Waals surface area contributed by atoms with E-state index in [1.807, 2.05) is 60.0 Å². The van der Waals surface area contributed by atoms with Crippen molar-refractivity contribution in [2.24, 2.45) is 0 Å². The Labute approximate surface area is 159 Å². The second kappa shape index (κ2) is 8.75. The zero-order valence-corrected chi connectivity index (χ0v) is 15.5. The van der Waals surface area contributed by atoms with Crippen LogP contribution < -0.4 is 10.6 Å². The van der Waals surface area contributed by atoms with Gasteiger partial charge in [0, 0.05) is 21.2 Å². The Morgan fingerprint density at radius 2 is 1.62 bits per heavy atom. The monoisotopic (exact) mass is 386 g/mol. The smallest absolute Gasteiger partial charge is 0.309 e. The molecule has 0 saturated carbocycles. The van der Waals surface area contributed by atoms with E-state index in [1.165, 1.54) is 22.7 Å². The lowest BCUT2D eigenvalue weighted by atomic mass is 10.2. The lowest BCUT2D eigenvalue weighted by Crippen LogP contribution is -2.39. The lowest BCUT2D eigenvalue weighted by Gasteiger charge is -2.06. The maximum absolute atomic E-state index is 11.9. The topological polar surface area (TPSA) is 78.4 Å². The Kier molecular flexibility index (Phi) is 6.17. The quantitative estimate of drug-likeness (QED) is 0.570. The van der Waals surface area contributed by atoms with E-state index in [-0.39, 0.29) is 6.54 Å². The Morgan fingerprint density at radius 1 is 0.885 bits per heavy atom. The zero-order valence-electron chi connectivity index (χ0n) is 13.8. The number of aliphatic hydroxyl groups excluding tert-OH is 1. The molecule has 7 heteroatoms. The van der Waals surface area contributed by atoms with Gasteiger partial charge in [-0.2, -0.15) is 0 Å². The van der Waals surface area contributed by atoms with E-state index >= 15 is 0 Å². The van der Waals surface area contributed by atoms with Crippen LogP contribution in [-0.2, 0) is 22.7 Å². The van der Waals surface area contributed by atoms with Crippen LogP contribution in [0.3, 0.4) is 0 Å². The molecule has 3 N–H and O–H groups in total. The third-order valence-corrected chi connectivity index (χ3v) is 5.75. The summed E-state index contributed by atoms with van der Waals surface area (Å²) in [6.45, 7) is 0.558. The van der Waals surface area contributed by atoms with Gasteiger partial charge >= 0.3 is 11.8 Å². The molecule has 5 nitrogen and oxygen atoms in total. The largest absolute Gasteiger partial charge is 0.382 e. The van der Waals surface area contributed by atoms with Crippen LogP contribution in [0.1, 0.15) is 26.3 Å². The van der Waals surface area contributed by atoms with Gasteiger partial charge in [-0.15, -0.1) is 22.7 Å². The van der Waals surface area contributed by atoms with Crippen LogP contribution in [0.2, 0.25) is 0 Å². The molecule has 0 aliphatic carbocycles. The van der Waals surface area contributed by atoms with Crippen LogP contribution in [0.25, 0.3) is 0 Å². The van der Waals surface area contributed by atoms with Crippen molar-refractivity contribution in [1.29, 1.82) is 0 Å². The van der Waals surface area contributed by atoms with Gasteiger partial charge in [0.2, 0.25) is 0 Å². The fourth-order valence-electron chi connectivity index (χ4n) is 2.33. The minimum atomic E-state index is -0.672. The van der Waals surface area contributed by atoms with E-state index in [0.717, 1.165) is 20.2 Å². The van der Waals surface area contributed by atoms with Gasteiger partial charge in [-0.3, -0.25) is 9.59 Å². The van der Waals surface area contributed by atoms with Crippen molar-refractivity contribution in [1.82, 2.24) is 10.6 Å². The first-order chi connectivity index (χ1) is 12.6. The number of rotatable bonds is 6. The van der Waals surface area contributed by atoms with Crippen molar-refractivity contribution >= 4 is 34.5 Å². The number of carbonyl (C=O) groups excluding carboxylic acids is 2. The van der Waals surface area contributed by atoms with Crippen LogP contribution in [-0.4, -0.2) is 16.9 Å². The number of carbonyl (C=O) groups is 2. The summed E-state index contributed by atoms with van der Waals surface area (Å²) in [6, 6.07) is 16.9. The van der Waals surface area contributed by atoms with Crippen molar-refractivity contribution in [3.63, 3.8) is 0 Å². The SMILES string of the molecule is O=C(NCc1ccccc1)C(=O)NCc1ccc(C(O)c2cccs2)s1. The molecule has 1 atom stereocenters. The second-order valence-electron chi connectivity index (χ2n) is 5.57. The average Bonchev–Trinajstić information content (AvgIpc) is 3.36. The Hall–Kier alpha value is -2.48. The lowest BCUT2D eigenvalue weighted by molar-refractivity contribution is -0.139. The molecule has 0 radical (unpaired) electrons. The fraction of sp³-hybridized carbons (Fsp3) is 0.158. The third-order valence-electron chi connectivity index (χ3n) is 3.69. The molecular weight excluding hydrogens is 368 g/mol. The molecule has 2 amide bonds. The van der Waals surface area contributed by atoms with E-state index < -0.39 is 17.9 Å². The Morgan fingerprint density at radius 3 is 2.31 bits per heavy atom. The molecule has 0 aliphatic rings. The van der Waals surface area contributed by atoms with Crippen LogP contribution in [0.5, 0.6) is 0 Å². The molecule has 26 heavy (non-hydrogen) atoms. The first kappa shape index (κ1) is 18.3. The summed E-state index contributed by atoms with van der Waals surface area (Å²) in [4.78, 5) is 26.3. The fourth-order valence-corrected chi connectivity index (χ4v) is 4.09. The summed E-state index contributed by atoms with van der Waals surface area (Å²) < 4.78 is 0. The molecule has 0 fully saturated rings. The molecule has 0 aliphatic heterocycles. The number of hydrogen-bond donors (Lipinski definition) is 3. The van der Waals surface area contributed by atoms with Crippen LogP contribution >= 0.6 is 22.7 Å². The van der Waals surface area contributed by atoms with E-state index in [9.17, 15) is 14.7 Å². The molecule has 0 bridgehead atoms. The predicted molar refractivity (Wildman–Crippen MR) is 103 cm³/mol. The Bertz CT molecular complexity index is 860. The minimum absolute atomic E-state index is 0.249. The summed E-state index contributed by atoms with van der Waals surface area (Å²) in [5.74, 6) is -1.33. The van der Waals surface area contributed by atoms with E-state index in [4.69, 9.17) is 0 Å². The zero-order chi connectivity index (χ0) is 18.4. The highest BCUT2D eigenvalue weighted by Gasteiger charge is 2.16. The molecular formula is C19H18N2O3S2. The number of aliphatic hydroxyl groups is 1. The van der Waals surface area contributed by atoms with Crippen LogP contribution in [0.4, 0.5) is 0 Å². The van der Waals surface area contributed by atoms with Gasteiger partial charge < -0.3 is 15.7 Å². The number of amides is 2. The standard InChI is InChI=1S/C19H18N2O3S2/c22-17(15-7-4-10-25-15)16-9-8-14(26-16)12-21-19(24)18(23)20-11-13-5-2-1-3-6-13/h1-10,17,22H,11-12H2,(H,20,23)(H,21,24). The highest BCUT2D eigenvalue weighted by atomic mass is 32.1. The molecule has 2 aromatic heterocycles. The first-order valence-corrected chi connectivity index (χ1v) is 9.73. The number of hydrogen-bond acceptors (Lipinski definition) is 5. The number of benzene rings is 1. The summed E-state index contributed by atoms with van der Waals surface area (Å²) in [6.07, 6.45) is -0.654. The second-order valence-corrected chi connectivity index (χ2v) is 7.75. The summed E-state index contributed by atoms with van der Waals surface area (Å²) in [5, 5.41) is 17.4. The minimum Gasteiger partial charge on any atom is -0.382 e. The van der Waals surface area contributed by atoms with Crippen molar-refractivity contribution in [2.75, 3.05) is 0 Å². The molecule has 2 heterocycles. The Balaban J connectivity index is 1.48. The molecule has 0 saturated heterocycles. The van der Waals surface area contributed by atoms with Crippen molar-refractivity contribution in [3.8, 4) is 0 Å². The van der Waals surface area contributed by atoms with Crippen molar-refractivity contribution in [2.45, 2.75) is 19.2 Å². The third kappa shape index (κ3) is 4.78. The van der Waals surface area contributed by atoms with Crippen LogP contribution in [0.15, 0.2) is 60.0 Å². The highest BCUT2D eigenvalue weighted by Crippen LogP contribution is 2.30. The van der Waals surface area contributed by atoms with E-state index in [2.05, 4.69) is 10.6 Å². The van der Waals surface area contributed by atoms with E-state index in [1.54, 1.807) is 0 Å². The number of nitrogens with one attached hydrogen (secondary N) is 2. The predicted octanol–water partition coefficient (Wildman–Crippen LogP) is 2.82. The van der Waals surface area contributed by atoms with Gasteiger partial charge in [0.25, 0.3) is 0 Å². The van der Waals surface area contributed by atoms with Gasteiger partial charge in [-0.25, -0.2) is 0 Å². The highest BCUT2D eigenvalue weighted by molar-refractivity contribution is 7.12. The molecule has 1 unspecified atom stereocenters. The normalized spacial score (nSPS) is 11.7. The van der Waals surface area contributed by atoms with Gasteiger partial charge in [0.15, 0.2) is 0 Å².